The summed E-state index contributed by atoms with van der Waals surface area (Å²) in [5.74, 6) is -0.326. The van der Waals surface area contributed by atoms with Crippen LogP contribution in [0.3, 0.4) is 0 Å². The molecular formula is C4H9N5O. The molecule has 0 aliphatic carbocycles. The first-order valence-electron chi connectivity index (χ1n) is 2.70. The third-order valence-electron chi connectivity index (χ3n) is 0.925. The van der Waals surface area contributed by atoms with Gasteiger partial charge in [-0.3, -0.25) is 4.79 Å². The van der Waals surface area contributed by atoms with Crippen molar-refractivity contribution in [1.29, 1.82) is 0 Å². The van der Waals surface area contributed by atoms with Gasteiger partial charge in [0.15, 0.2) is 0 Å². The Balaban J connectivity index is 3.72. The van der Waals surface area contributed by atoms with Crippen LogP contribution in [0.2, 0.25) is 0 Å². The van der Waals surface area contributed by atoms with E-state index in [0.717, 1.165) is 0 Å². The number of nitrogens with one attached hydrogen (secondary N) is 1. The number of hydrogen-bond acceptors (Lipinski definition) is 3. The maximum Gasteiger partial charge on any atom is 0.236 e. The summed E-state index contributed by atoms with van der Waals surface area (Å²) in [6, 6.07) is -0.735. The van der Waals surface area contributed by atoms with Crippen molar-refractivity contribution in [1.82, 2.24) is 5.32 Å². The second-order valence-corrected chi connectivity index (χ2v) is 1.63. The van der Waals surface area contributed by atoms with Gasteiger partial charge in [-0.2, -0.15) is 0 Å². The molecule has 0 saturated carbocycles. The first-order chi connectivity index (χ1) is 4.72. The minimum atomic E-state index is -0.735. The highest BCUT2D eigenvalue weighted by molar-refractivity contribution is 5.81. The molecule has 10 heavy (non-hydrogen) atoms. The highest BCUT2D eigenvalue weighted by Crippen LogP contribution is 1.79. The number of hydrogen-bond donors (Lipinski definition) is 2. The smallest absolute Gasteiger partial charge is 0.236 e. The van der Waals surface area contributed by atoms with Gasteiger partial charge in [0, 0.05) is 18.5 Å². The normalized spacial score (nSPS) is 11.4. The van der Waals surface area contributed by atoms with Gasteiger partial charge < -0.3 is 11.1 Å². The van der Waals surface area contributed by atoms with E-state index in [1.54, 1.807) is 0 Å². The summed E-state index contributed by atoms with van der Waals surface area (Å²) in [6.45, 7) is -0.00380. The Hall–Kier alpha value is -1.26. The van der Waals surface area contributed by atoms with Crippen LogP contribution in [0.1, 0.15) is 0 Å². The van der Waals surface area contributed by atoms with E-state index < -0.39 is 6.04 Å². The molecule has 0 fully saturated rings. The van der Waals surface area contributed by atoms with E-state index >= 15 is 0 Å². The van der Waals surface area contributed by atoms with E-state index in [1.165, 1.54) is 7.05 Å². The zero-order chi connectivity index (χ0) is 7.98. The Morgan fingerprint density at radius 3 is 3.00 bits per heavy atom. The van der Waals surface area contributed by atoms with Crippen LogP contribution >= 0.6 is 0 Å². The van der Waals surface area contributed by atoms with Crippen molar-refractivity contribution in [2.75, 3.05) is 13.6 Å². The lowest BCUT2D eigenvalue weighted by molar-refractivity contribution is -0.121. The van der Waals surface area contributed by atoms with Gasteiger partial charge >= 0.3 is 0 Å². The molecule has 6 heteroatoms. The van der Waals surface area contributed by atoms with Crippen LogP contribution in [0.15, 0.2) is 5.11 Å². The fraction of sp³-hybridized carbons (Fsp3) is 0.750. The Bertz CT molecular complexity index is 161. The number of azide groups is 1. The monoisotopic (exact) mass is 143 g/mol. The molecule has 1 atom stereocenters. The predicted octanol–water partition coefficient (Wildman–Crippen LogP) is -0.630. The second-order valence-electron chi connectivity index (χ2n) is 1.63. The highest BCUT2D eigenvalue weighted by atomic mass is 16.2. The number of carbonyl (C=O) groups excluding carboxylic acids is 1. The molecule has 0 unspecified atom stereocenters. The average molecular weight is 143 g/mol. The fourth-order valence-electron chi connectivity index (χ4n) is 0.393. The second kappa shape index (κ2) is 4.60. The minimum absolute atomic E-state index is 0.00380. The van der Waals surface area contributed by atoms with Crippen LogP contribution < -0.4 is 11.1 Å². The number of nitrogens with zero attached hydrogens (tertiary/aromatic N) is 3. The van der Waals surface area contributed by atoms with E-state index in [4.69, 9.17) is 11.3 Å². The lowest BCUT2D eigenvalue weighted by Gasteiger charge is -2.04. The van der Waals surface area contributed by atoms with Crippen molar-refractivity contribution in [2.45, 2.75) is 6.04 Å². The van der Waals surface area contributed by atoms with E-state index in [9.17, 15) is 4.79 Å². The van der Waals surface area contributed by atoms with Crippen molar-refractivity contribution in [3.05, 3.63) is 10.4 Å². The van der Waals surface area contributed by atoms with Gasteiger partial charge in [0.25, 0.3) is 0 Å². The van der Waals surface area contributed by atoms with Gasteiger partial charge in [0.05, 0.1) is 6.04 Å². The summed E-state index contributed by atoms with van der Waals surface area (Å²) >= 11 is 0. The molecule has 0 bridgehead atoms. The molecule has 0 aromatic carbocycles. The third-order valence-corrected chi connectivity index (χ3v) is 0.925. The number of carbonyl (C=O) groups is 1. The summed E-state index contributed by atoms with van der Waals surface area (Å²) in [5.41, 5.74) is 13.1. The van der Waals surface area contributed by atoms with E-state index in [-0.39, 0.29) is 12.5 Å². The first-order valence-corrected chi connectivity index (χ1v) is 2.70. The Kier molecular flexibility index (Phi) is 4.02. The van der Waals surface area contributed by atoms with Gasteiger partial charge in [0.2, 0.25) is 5.91 Å². The summed E-state index contributed by atoms with van der Waals surface area (Å²) in [6.07, 6.45) is 0. The van der Waals surface area contributed by atoms with Crippen LogP contribution in [0.4, 0.5) is 0 Å². The van der Waals surface area contributed by atoms with Crippen molar-refractivity contribution in [2.24, 2.45) is 10.8 Å². The van der Waals surface area contributed by atoms with Crippen LogP contribution in [-0.2, 0) is 4.79 Å². The molecule has 56 valence electrons. The summed E-state index contributed by atoms with van der Waals surface area (Å²) in [7, 11) is 1.47. The first kappa shape index (κ1) is 8.74. The Labute approximate surface area is 58.0 Å². The lowest BCUT2D eigenvalue weighted by atomic mass is 10.3. The molecule has 6 nitrogen and oxygen atoms in total. The maximum atomic E-state index is 10.6. The third kappa shape index (κ3) is 2.91. The molecule has 0 spiro atoms. The largest absolute Gasteiger partial charge is 0.358 e. The quantitative estimate of drug-likeness (QED) is 0.312. The topological polar surface area (TPSA) is 104 Å². The molecule has 1 amide bonds. The Morgan fingerprint density at radius 2 is 2.60 bits per heavy atom. The summed E-state index contributed by atoms with van der Waals surface area (Å²) in [4.78, 5) is 13.1. The Morgan fingerprint density at radius 1 is 2.00 bits per heavy atom. The number of rotatable bonds is 3. The summed E-state index contributed by atoms with van der Waals surface area (Å²) in [5, 5.41) is 5.46. The van der Waals surface area contributed by atoms with Gasteiger partial charge in [-0.05, 0) is 5.53 Å². The molecule has 0 saturated heterocycles. The number of amides is 1. The molecule has 0 aliphatic rings. The van der Waals surface area contributed by atoms with Crippen molar-refractivity contribution in [3.63, 3.8) is 0 Å². The standard InChI is InChI=1S/C4H9N5O/c1-7-4(10)3(5)2-8-9-6/h3H,2,5H2,1H3,(H,7,10)/t3-/m0/s1. The van der Waals surface area contributed by atoms with Crippen molar-refractivity contribution >= 4 is 5.91 Å². The molecule has 3 N–H and O–H groups in total. The molecule has 0 aromatic heterocycles. The highest BCUT2D eigenvalue weighted by Gasteiger charge is 2.08. The number of nitrogens with two attached hydrogens (primary N) is 1. The van der Waals surface area contributed by atoms with Crippen molar-refractivity contribution < 1.29 is 4.79 Å². The van der Waals surface area contributed by atoms with Crippen LogP contribution in [0, 0.1) is 0 Å². The molecule has 0 rings (SSSR count). The predicted molar refractivity (Wildman–Crippen MR) is 36.1 cm³/mol. The summed E-state index contributed by atoms with van der Waals surface area (Å²) < 4.78 is 0. The molecule has 0 heterocycles. The van der Waals surface area contributed by atoms with E-state index in [1.807, 2.05) is 0 Å². The molecule has 0 radical (unpaired) electrons. The van der Waals surface area contributed by atoms with Crippen LogP contribution in [0.25, 0.3) is 10.4 Å². The van der Waals surface area contributed by atoms with E-state index in [2.05, 4.69) is 15.3 Å². The van der Waals surface area contributed by atoms with E-state index in [0.29, 0.717) is 0 Å². The zero-order valence-corrected chi connectivity index (χ0v) is 5.61. The molecule has 0 aromatic rings. The van der Waals surface area contributed by atoms with Gasteiger partial charge in [-0.25, -0.2) is 0 Å². The molecule has 0 aliphatic heterocycles. The minimum Gasteiger partial charge on any atom is -0.358 e. The van der Waals surface area contributed by atoms with Gasteiger partial charge in [-0.1, -0.05) is 5.11 Å². The number of likely N-dealkylation sites (N-methyl/N-ethyl adjacent to an activating group) is 1. The maximum absolute atomic E-state index is 10.6. The average Bonchev–Trinajstić information content (AvgIpc) is 1.98. The SMILES string of the molecule is CNC(=O)[C@@H](N)CN=[N+]=[N-]. The van der Waals surface area contributed by atoms with Crippen LogP contribution in [0.5, 0.6) is 0 Å². The van der Waals surface area contributed by atoms with Crippen LogP contribution in [-0.4, -0.2) is 25.5 Å². The fourth-order valence-corrected chi connectivity index (χ4v) is 0.393. The zero-order valence-electron chi connectivity index (χ0n) is 5.61. The van der Waals surface area contributed by atoms with Crippen molar-refractivity contribution in [3.8, 4) is 0 Å². The van der Waals surface area contributed by atoms with Gasteiger partial charge in [-0.15, -0.1) is 0 Å². The van der Waals surface area contributed by atoms with Gasteiger partial charge in [0.1, 0.15) is 0 Å². The molecular weight excluding hydrogens is 134 g/mol. The lowest BCUT2D eigenvalue weighted by Crippen LogP contribution is -2.40.